The predicted molar refractivity (Wildman–Crippen MR) is 81.0 cm³/mol. The van der Waals surface area contributed by atoms with Gasteiger partial charge in [-0.3, -0.25) is 0 Å². The fourth-order valence-corrected chi connectivity index (χ4v) is 4.42. The Morgan fingerprint density at radius 1 is 0.722 bits per heavy atom. The van der Waals surface area contributed by atoms with E-state index in [9.17, 15) is 0 Å². The molecule has 0 saturated carbocycles. The van der Waals surface area contributed by atoms with E-state index >= 15 is 0 Å². The molecule has 0 nitrogen and oxygen atoms in total. The molecule has 86 valence electrons. The van der Waals surface area contributed by atoms with E-state index in [1.54, 1.807) is 0 Å². The van der Waals surface area contributed by atoms with Crippen molar-refractivity contribution in [3.63, 3.8) is 0 Å². The monoisotopic (exact) mass is 266 g/mol. The predicted octanol–water partition coefficient (Wildman–Crippen LogP) is 5.38. The van der Waals surface area contributed by atoms with E-state index in [4.69, 9.17) is 0 Å². The fraction of sp³-hybridized carbons (Fsp3) is 0. The number of benzene rings is 1. The summed E-state index contributed by atoms with van der Waals surface area (Å²) in [7, 11) is 0. The highest BCUT2D eigenvalue weighted by Crippen LogP contribution is 2.50. The van der Waals surface area contributed by atoms with Crippen molar-refractivity contribution in [2.45, 2.75) is 0 Å². The van der Waals surface area contributed by atoms with Crippen LogP contribution in [-0.4, -0.2) is 0 Å². The Balaban J connectivity index is 1.95. The Kier molecular flexibility index (Phi) is 2.25. The van der Waals surface area contributed by atoms with Crippen LogP contribution in [0.5, 0.6) is 0 Å². The van der Waals surface area contributed by atoms with Gasteiger partial charge in [-0.2, -0.15) is 0 Å². The zero-order valence-electron chi connectivity index (χ0n) is 9.59. The first-order valence-electron chi connectivity index (χ1n) is 5.86. The Morgan fingerprint density at radius 2 is 1.33 bits per heavy atom. The average molecular weight is 266 g/mol. The first kappa shape index (κ1) is 10.3. The van der Waals surface area contributed by atoms with E-state index < -0.39 is 0 Å². The molecule has 0 radical (unpaired) electrons. The van der Waals surface area contributed by atoms with Gasteiger partial charge in [0.2, 0.25) is 0 Å². The van der Waals surface area contributed by atoms with Crippen LogP contribution in [0.3, 0.4) is 0 Å². The highest BCUT2D eigenvalue weighted by molar-refractivity contribution is 7.21. The highest BCUT2D eigenvalue weighted by atomic mass is 32.1. The summed E-state index contributed by atoms with van der Waals surface area (Å²) in [6.45, 7) is 0. The lowest BCUT2D eigenvalue weighted by Gasteiger charge is -1.99. The summed E-state index contributed by atoms with van der Waals surface area (Å²) in [6.07, 6.45) is 2.30. The van der Waals surface area contributed by atoms with Crippen molar-refractivity contribution in [1.82, 2.24) is 0 Å². The maximum absolute atomic E-state index is 2.30. The van der Waals surface area contributed by atoms with Gasteiger partial charge in [0.25, 0.3) is 0 Å². The molecule has 2 heterocycles. The minimum atomic E-state index is 1.27. The quantitative estimate of drug-likeness (QED) is 0.434. The summed E-state index contributed by atoms with van der Waals surface area (Å²) in [5, 5.41) is 4.37. The van der Waals surface area contributed by atoms with Crippen molar-refractivity contribution in [2.75, 3.05) is 0 Å². The van der Waals surface area contributed by atoms with E-state index in [1.165, 1.54) is 32.0 Å². The first-order chi connectivity index (χ1) is 8.93. The van der Waals surface area contributed by atoms with Crippen molar-refractivity contribution < 1.29 is 0 Å². The third-order valence-corrected chi connectivity index (χ3v) is 5.22. The topological polar surface area (TPSA) is 0 Å². The van der Waals surface area contributed by atoms with E-state index in [2.05, 4.69) is 59.3 Å². The minimum Gasteiger partial charge on any atom is -0.142 e. The van der Waals surface area contributed by atoms with Crippen LogP contribution in [0.25, 0.3) is 21.4 Å². The lowest BCUT2D eigenvalue weighted by Crippen LogP contribution is -1.78. The standard InChI is InChI=1S/C16H10S2/c1-2-4-11(5-3-1)10-14-12-6-8-17-15(12)16-13(14)7-9-18-16/h1-10H. The normalized spacial score (nSPS) is 12.3. The SMILES string of the molecule is C(=C1c2ccsc2-c2sccc21)c1ccccc1. The van der Waals surface area contributed by atoms with Gasteiger partial charge in [0.05, 0.1) is 9.75 Å². The molecule has 1 aliphatic carbocycles. The summed E-state index contributed by atoms with van der Waals surface area (Å²) < 4.78 is 0. The van der Waals surface area contributed by atoms with Crippen LogP contribution in [0.2, 0.25) is 0 Å². The number of thiophene rings is 2. The van der Waals surface area contributed by atoms with Gasteiger partial charge >= 0.3 is 0 Å². The number of hydrogen-bond donors (Lipinski definition) is 0. The lowest BCUT2D eigenvalue weighted by molar-refractivity contribution is 1.65. The Hall–Kier alpha value is -1.64. The minimum absolute atomic E-state index is 1.27. The molecule has 0 aliphatic heterocycles. The summed E-state index contributed by atoms with van der Waals surface area (Å²) in [5.41, 5.74) is 5.42. The van der Waals surface area contributed by atoms with Crippen LogP contribution in [0.1, 0.15) is 16.7 Å². The van der Waals surface area contributed by atoms with E-state index in [0.29, 0.717) is 0 Å². The van der Waals surface area contributed by atoms with E-state index in [1.807, 2.05) is 22.7 Å². The average Bonchev–Trinajstić information content (AvgIpc) is 3.08. The Morgan fingerprint density at radius 3 is 1.94 bits per heavy atom. The number of rotatable bonds is 1. The van der Waals surface area contributed by atoms with Gasteiger partial charge in [-0.05, 0) is 40.1 Å². The Labute approximate surface area is 114 Å². The largest absolute Gasteiger partial charge is 0.142 e. The number of hydrogen-bond acceptors (Lipinski definition) is 2. The molecule has 0 amide bonds. The second-order valence-electron chi connectivity index (χ2n) is 4.30. The molecule has 2 aromatic heterocycles. The van der Waals surface area contributed by atoms with E-state index in [-0.39, 0.29) is 0 Å². The highest BCUT2D eigenvalue weighted by Gasteiger charge is 2.25. The van der Waals surface area contributed by atoms with Crippen molar-refractivity contribution >= 4 is 34.3 Å². The molecule has 0 bridgehead atoms. The van der Waals surface area contributed by atoms with Crippen molar-refractivity contribution in [3.05, 3.63) is 69.9 Å². The lowest BCUT2D eigenvalue weighted by atomic mass is 10.0. The summed E-state index contributed by atoms with van der Waals surface area (Å²) in [6, 6.07) is 15.0. The molecule has 1 aliphatic rings. The second-order valence-corrected chi connectivity index (χ2v) is 6.13. The molecule has 3 aromatic rings. The van der Waals surface area contributed by atoms with Crippen LogP contribution >= 0.6 is 22.7 Å². The Bertz CT molecular complexity index is 687. The zero-order chi connectivity index (χ0) is 11.9. The van der Waals surface area contributed by atoms with Gasteiger partial charge in [-0.15, -0.1) is 22.7 Å². The molecule has 1 aromatic carbocycles. The molecule has 0 N–H and O–H groups in total. The third-order valence-electron chi connectivity index (χ3n) is 3.23. The van der Waals surface area contributed by atoms with Gasteiger partial charge in [0.15, 0.2) is 0 Å². The van der Waals surface area contributed by atoms with Gasteiger partial charge in [0, 0.05) is 11.1 Å². The molecule has 0 unspecified atom stereocenters. The molecule has 0 saturated heterocycles. The second kappa shape index (κ2) is 3.94. The van der Waals surface area contributed by atoms with Crippen molar-refractivity contribution in [1.29, 1.82) is 0 Å². The van der Waals surface area contributed by atoms with Crippen LogP contribution < -0.4 is 0 Å². The van der Waals surface area contributed by atoms with Gasteiger partial charge in [0.1, 0.15) is 0 Å². The van der Waals surface area contributed by atoms with Crippen LogP contribution in [0.4, 0.5) is 0 Å². The van der Waals surface area contributed by atoms with Crippen molar-refractivity contribution in [3.8, 4) is 9.75 Å². The first-order valence-corrected chi connectivity index (χ1v) is 7.62. The summed E-state index contributed by atoms with van der Waals surface area (Å²) in [4.78, 5) is 2.87. The molecule has 2 heteroatoms. The molecule has 0 spiro atoms. The van der Waals surface area contributed by atoms with Crippen LogP contribution in [0.15, 0.2) is 53.2 Å². The van der Waals surface area contributed by atoms with Crippen LogP contribution in [-0.2, 0) is 0 Å². The van der Waals surface area contributed by atoms with Gasteiger partial charge in [-0.25, -0.2) is 0 Å². The molecular formula is C16H10S2. The molecular weight excluding hydrogens is 256 g/mol. The maximum Gasteiger partial charge on any atom is 0.0527 e. The van der Waals surface area contributed by atoms with E-state index in [0.717, 1.165) is 0 Å². The van der Waals surface area contributed by atoms with Crippen LogP contribution in [0, 0.1) is 0 Å². The third kappa shape index (κ3) is 1.43. The fourth-order valence-electron chi connectivity index (χ4n) is 2.41. The molecule has 0 atom stereocenters. The molecule has 4 rings (SSSR count). The molecule has 0 fully saturated rings. The smallest absolute Gasteiger partial charge is 0.0527 e. The maximum atomic E-state index is 2.30. The number of fused-ring (bicyclic) bond motifs is 3. The summed E-state index contributed by atoms with van der Waals surface area (Å²) >= 11 is 3.69. The molecule has 18 heavy (non-hydrogen) atoms. The zero-order valence-corrected chi connectivity index (χ0v) is 11.2. The van der Waals surface area contributed by atoms with Gasteiger partial charge < -0.3 is 0 Å². The van der Waals surface area contributed by atoms with Crippen molar-refractivity contribution in [2.24, 2.45) is 0 Å². The van der Waals surface area contributed by atoms with Gasteiger partial charge in [-0.1, -0.05) is 30.3 Å². The summed E-state index contributed by atoms with van der Waals surface area (Å²) in [5.74, 6) is 0.